The van der Waals surface area contributed by atoms with E-state index in [1.54, 1.807) is 13.0 Å². The Labute approximate surface area is 78.4 Å². The van der Waals surface area contributed by atoms with Crippen LogP contribution in [0.25, 0.3) is 0 Å². The minimum absolute atomic E-state index is 0.353. The zero-order valence-corrected chi connectivity index (χ0v) is 8.12. The fourth-order valence-corrected chi connectivity index (χ4v) is 1.62. The lowest BCUT2D eigenvalue weighted by Crippen LogP contribution is -2.40. The third-order valence-corrected chi connectivity index (χ3v) is 2.66. The molecule has 0 aromatic heterocycles. The van der Waals surface area contributed by atoms with Crippen molar-refractivity contribution in [2.75, 3.05) is 7.11 Å². The summed E-state index contributed by atoms with van der Waals surface area (Å²) < 4.78 is 4.60. The predicted molar refractivity (Wildman–Crippen MR) is 49.1 cm³/mol. The maximum Gasteiger partial charge on any atom is 0.311 e. The molecule has 3 nitrogen and oxygen atoms in total. The Morgan fingerprint density at radius 1 is 1.69 bits per heavy atom. The number of aliphatic hydroxyl groups is 1. The largest absolute Gasteiger partial charge is 0.469 e. The van der Waals surface area contributed by atoms with Gasteiger partial charge in [-0.25, -0.2) is 0 Å². The molecule has 0 spiro atoms. The summed E-state index contributed by atoms with van der Waals surface area (Å²) in [5.41, 5.74) is -0.995. The number of rotatable bonds is 2. The molecule has 1 aliphatic carbocycles. The number of methoxy groups -OCH3 is 1. The minimum atomic E-state index is -0.995. The van der Waals surface area contributed by atoms with E-state index in [1.165, 1.54) is 7.11 Å². The van der Waals surface area contributed by atoms with Crippen LogP contribution in [-0.2, 0) is 9.53 Å². The maximum absolute atomic E-state index is 11.2. The van der Waals surface area contributed by atoms with Gasteiger partial charge in [-0.05, 0) is 26.2 Å². The molecular formula is C10H16O3. The van der Waals surface area contributed by atoms with Gasteiger partial charge in [-0.3, -0.25) is 4.79 Å². The van der Waals surface area contributed by atoms with Crippen LogP contribution in [0, 0.1) is 5.92 Å². The summed E-state index contributed by atoms with van der Waals surface area (Å²) in [4.78, 5) is 11.2. The van der Waals surface area contributed by atoms with E-state index >= 15 is 0 Å². The lowest BCUT2D eigenvalue weighted by Gasteiger charge is -2.31. The highest BCUT2D eigenvalue weighted by molar-refractivity contribution is 5.73. The van der Waals surface area contributed by atoms with Crippen molar-refractivity contribution in [3.8, 4) is 0 Å². The molecule has 13 heavy (non-hydrogen) atoms. The average molecular weight is 184 g/mol. The highest BCUT2D eigenvalue weighted by atomic mass is 16.5. The second-order valence-electron chi connectivity index (χ2n) is 3.53. The van der Waals surface area contributed by atoms with Gasteiger partial charge in [-0.2, -0.15) is 0 Å². The molecule has 2 atom stereocenters. The zero-order chi connectivity index (χ0) is 9.90. The van der Waals surface area contributed by atoms with Crippen molar-refractivity contribution in [2.45, 2.75) is 31.8 Å². The van der Waals surface area contributed by atoms with Crippen molar-refractivity contribution in [2.24, 2.45) is 5.92 Å². The molecule has 0 aliphatic heterocycles. The van der Waals surface area contributed by atoms with Gasteiger partial charge in [0.15, 0.2) is 0 Å². The van der Waals surface area contributed by atoms with Gasteiger partial charge in [0.05, 0.1) is 18.6 Å². The molecule has 3 heteroatoms. The summed E-state index contributed by atoms with van der Waals surface area (Å²) in [6, 6.07) is 0. The Morgan fingerprint density at radius 3 is 2.85 bits per heavy atom. The van der Waals surface area contributed by atoms with Crippen LogP contribution in [0.1, 0.15) is 26.2 Å². The molecule has 1 N–H and O–H groups in total. The summed E-state index contributed by atoms with van der Waals surface area (Å²) in [5.74, 6) is -0.830. The Kier molecular flexibility index (Phi) is 3.09. The van der Waals surface area contributed by atoms with Crippen LogP contribution in [0.4, 0.5) is 0 Å². The number of carbonyl (C=O) groups excluding carboxylic acids is 1. The standard InChI is InChI=1S/C10H16O3/c1-8(9(11)13-2)10(12)6-4-3-5-7-10/h4,6,8,12H,3,5,7H2,1-2H3. The molecule has 0 aromatic rings. The lowest BCUT2D eigenvalue weighted by molar-refractivity contribution is -0.152. The second-order valence-corrected chi connectivity index (χ2v) is 3.53. The summed E-state index contributed by atoms with van der Waals surface area (Å²) in [7, 11) is 1.34. The van der Waals surface area contributed by atoms with Crippen LogP contribution in [-0.4, -0.2) is 23.8 Å². The highest BCUT2D eigenvalue weighted by Crippen LogP contribution is 2.29. The van der Waals surface area contributed by atoms with E-state index in [-0.39, 0.29) is 5.97 Å². The SMILES string of the molecule is COC(=O)C(C)C1(O)C=CCCC1. The molecule has 0 amide bonds. The number of allylic oxidation sites excluding steroid dienone is 1. The van der Waals surface area contributed by atoms with E-state index in [0.29, 0.717) is 6.42 Å². The van der Waals surface area contributed by atoms with Gasteiger partial charge >= 0.3 is 5.97 Å². The van der Waals surface area contributed by atoms with Crippen LogP contribution < -0.4 is 0 Å². The molecule has 0 bridgehead atoms. The second kappa shape index (κ2) is 3.92. The first-order valence-electron chi connectivity index (χ1n) is 4.58. The van der Waals surface area contributed by atoms with E-state index in [0.717, 1.165) is 12.8 Å². The van der Waals surface area contributed by atoms with Crippen molar-refractivity contribution >= 4 is 5.97 Å². The molecule has 0 saturated carbocycles. The van der Waals surface area contributed by atoms with Crippen LogP contribution >= 0.6 is 0 Å². The Bertz CT molecular complexity index is 222. The summed E-state index contributed by atoms with van der Waals surface area (Å²) in [6.07, 6.45) is 6.19. The first-order valence-corrected chi connectivity index (χ1v) is 4.58. The van der Waals surface area contributed by atoms with E-state index in [1.807, 2.05) is 6.08 Å². The molecular weight excluding hydrogens is 168 g/mol. The van der Waals surface area contributed by atoms with E-state index in [4.69, 9.17) is 0 Å². The lowest BCUT2D eigenvalue weighted by atomic mass is 9.81. The number of hydrogen-bond acceptors (Lipinski definition) is 3. The molecule has 2 unspecified atom stereocenters. The van der Waals surface area contributed by atoms with Gasteiger partial charge < -0.3 is 9.84 Å². The summed E-state index contributed by atoms with van der Waals surface area (Å²) in [6.45, 7) is 1.70. The third kappa shape index (κ3) is 2.10. The molecule has 1 rings (SSSR count). The Hall–Kier alpha value is -0.830. The molecule has 0 heterocycles. The predicted octanol–water partition coefficient (Wildman–Crippen LogP) is 1.27. The van der Waals surface area contributed by atoms with Crippen molar-refractivity contribution < 1.29 is 14.6 Å². The average Bonchev–Trinajstić information content (AvgIpc) is 2.16. The normalized spacial score (nSPS) is 29.8. The van der Waals surface area contributed by atoms with E-state index in [2.05, 4.69) is 4.74 Å². The molecule has 0 aromatic carbocycles. The van der Waals surface area contributed by atoms with Crippen molar-refractivity contribution in [1.29, 1.82) is 0 Å². The number of ether oxygens (including phenoxy) is 1. The van der Waals surface area contributed by atoms with Crippen LogP contribution in [0.5, 0.6) is 0 Å². The quantitative estimate of drug-likeness (QED) is 0.519. The minimum Gasteiger partial charge on any atom is -0.469 e. The monoisotopic (exact) mass is 184 g/mol. The highest BCUT2D eigenvalue weighted by Gasteiger charge is 2.37. The Morgan fingerprint density at radius 2 is 2.38 bits per heavy atom. The smallest absolute Gasteiger partial charge is 0.311 e. The van der Waals surface area contributed by atoms with Crippen molar-refractivity contribution in [3.63, 3.8) is 0 Å². The maximum atomic E-state index is 11.2. The fourth-order valence-electron chi connectivity index (χ4n) is 1.62. The van der Waals surface area contributed by atoms with Crippen molar-refractivity contribution in [3.05, 3.63) is 12.2 Å². The third-order valence-electron chi connectivity index (χ3n) is 2.66. The first kappa shape index (κ1) is 10.3. The molecule has 0 saturated heterocycles. The molecule has 0 fully saturated rings. The van der Waals surface area contributed by atoms with Gasteiger partial charge in [0, 0.05) is 0 Å². The van der Waals surface area contributed by atoms with E-state index < -0.39 is 11.5 Å². The van der Waals surface area contributed by atoms with Gasteiger partial charge in [0.1, 0.15) is 0 Å². The fraction of sp³-hybridized carbons (Fsp3) is 0.700. The topological polar surface area (TPSA) is 46.5 Å². The van der Waals surface area contributed by atoms with Gasteiger partial charge in [-0.15, -0.1) is 0 Å². The van der Waals surface area contributed by atoms with E-state index in [9.17, 15) is 9.90 Å². The van der Waals surface area contributed by atoms with Gasteiger partial charge in [0.25, 0.3) is 0 Å². The zero-order valence-electron chi connectivity index (χ0n) is 8.12. The van der Waals surface area contributed by atoms with Crippen LogP contribution in [0.2, 0.25) is 0 Å². The molecule has 0 radical (unpaired) electrons. The van der Waals surface area contributed by atoms with Gasteiger partial charge in [-0.1, -0.05) is 12.2 Å². The Balaban J connectivity index is 2.73. The number of esters is 1. The van der Waals surface area contributed by atoms with Crippen LogP contribution in [0.3, 0.4) is 0 Å². The van der Waals surface area contributed by atoms with Crippen molar-refractivity contribution in [1.82, 2.24) is 0 Å². The summed E-state index contributed by atoms with van der Waals surface area (Å²) in [5, 5.41) is 10.1. The molecule has 1 aliphatic rings. The van der Waals surface area contributed by atoms with Crippen LogP contribution in [0.15, 0.2) is 12.2 Å². The van der Waals surface area contributed by atoms with Gasteiger partial charge in [0.2, 0.25) is 0 Å². The summed E-state index contributed by atoms with van der Waals surface area (Å²) >= 11 is 0. The first-order chi connectivity index (χ1) is 6.10. The number of carbonyl (C=O) groups is 1. The number of hydrogen-bond donors (Lipinski definition) is 1. The molecule has 74 valence electrons.